The summed E-state index contributed by atoms with van der Waals surface area (Å²) in [5.74, 6) is -0.384. The first-order valence-corrected chi connectivity index (χ1v) is 9.01. The van der Waals surface area contributed by atoms with E-state index in [1.165, 1.54) is 12.1 Å². The number of hydrogen-bond donors (Lipinski definition) is 2. The summed E-state index contributed by atoms with van der Waals surface area (Å²) in [5.41, 5.74) is 3.58. The maximum absolute atomic E-state index is 13.3. The fourth-order valence-electron chi connectivity index (χ4n) is 3.41. The molecule has 3 aromatic rings. The summed E-state index contributed by atoms with van der Waals surface area (Å²) in [5, 5.41) is 11.1. The molecule has 0 saturated heterocycles. The zero-order valence-electron chi connectivity index (χ0n) is 14.8. The van der Waals surface area contributed by atoms with Crippen molar-refractivity contribution in [3.05, 3.63) is 70.6 Å². The summed E-state index contributed by atoms with van der Waals surface area (Å²) in [6.07, 6.45) is 1.26. The van der Waals surface area contributed by atoms with E-state index in [-0.39, 0.29) is 17.8 Å². The number of hydrogen-bond acceptors (Lipinski definition) is 3. The number of anilines is 1. The molecule has 1 amide bonds. The second-order valence-electron chi connectivity index (χ2n) is 6.75. The lowest BCUT2D eigenvalue weighted by Gasteiger charge is -2.40. The van der Waals surface area contributed by atoms with E-state index in [0.29, 0.717) is 16.3 Å². The summed E-state index contributed by atoms with van der Waals surface area (Å²) in [4.78, 5) is 14.9. The molecule has 2 heterocycles. The monoisotopic (exact) mass is 384 g/mol. The minimum absolute atomic E-state index is 0.0465. The lowest BCUT2D eigenvalue weighted by molar-refractivity contribution is 0.0617. The number of halogens is 2. The minimum Gasteiger partial charge on any atom is -0.361 e. The van der Waals surface area contributed by atoms with Gasteiger partial charge in [0.15, 0.2) is 0 Å². The molecular weight excluding hydrogens is 367 g/mol. The highest BCUT2D eigenvalue weighted by molar-refractivity contribution is 6.31. The van der Waals surface area contributed by atoms with Crippen molar-refractivity contribution in [2.24, 2.45) is 0 Å². The summed E-state index contributed by atoms with van der Waals surface area (Å²) >= 11 is 6.12. The highest BCUT2D eigenvalue weighted by Crippen LogP contribution is 2.38. The van der Waals surface area contributed by atoms with Crippen molar-refractivity contribution >= 4 is 23.2 Å². The van der Waals surface area contributed by atoms with E-state index < -0.39 is 6.17 Å². The van der Waals surface area contributed by atoms with E-state index in [9.17, 15) is 9.18 Å². The Morgan fingerprint density at radius 1 is 1.19 bits per heavy atom. The van der Waals surface area contributed by atoms with Crippen molar-refractivity contribution in [1.82, 2.24) is 15.1 Å². The van der Waals surface area contributed by atoms with Crippen molar-refractivity contribution in [1.29, 1.82) is 0 Å². The largest absolute Gasteiger partial charge is 0.361 e. The van der Waals surface area contributed by atoms with Crippen LogP contribution in [0.1, 0.15) is 35.9 Å². The van der Waals surface area contributed by atoms with Crippen LogP contribution in [0.2, 0.25) is 5.02 Å². The van der Waals surface area contributed by atoms with Gasteiger partial charge in [0.05, 0.1) is 23.1 Å². The van der Waals surface area contributed by atoms with Gasteiger partial charge in [0.1, 0.15) is 12.0 Å². The molecule has 27 heavy (non-hydrogen) atoms. The molecule has 5 nitrogen and oxygen atoms in total. The standard InChI is InChI=1S/C20H18ClFN4O/c1-11(2)26-19(24-17-9-13(21)5-8-15(17)20(26)27)16-10-23-25-18(16)12-3-6-14(22)7-4-12/h3-11,19,24H,1-2H3,(H,23,25). The predicted octanol–water partition coefficient (Wildman–Crippen LogP) is 4.84. The molecule has 7 heteroatoms. The second-order valence-corrected chi connectivity index (χ2v) is 7.19. The van der Waals surface area contributed by atoms with E-state index in [0.717, 1.165) is 16.8 Å². The highest BCUT2D eigenvalue weighted by Gasteiger charge is 2.36. The van der Waals surface area contributed by atoms with Crippen molar-refractivity contribution in [3.63, 3.8) is 0 Å². The number of aromatic nitrogens is 2. The number of H-pyrrole nitrogens is 1. The molecule has 0 bridgehead atoms. The van der Waals surface area contributed by atoms with Crippen molar-refractivity contribution < 1.29 is 9.18 Å². The van der Waals surface area contributed by atoms with Gasteiger partial charge in [-0.25, -0.2) is 4.39 Å². The van der Waals surface area contributed by atoms with Gasteiger partial charge in [-0.3, -0.25) is 9.89 Å². The number of amides is 1. The quantitative estimate of drug-likeness (QED) is 0.679. The third-order valence-corrected chi connectivity index (χ3v) is 4.90. The fraction of sp³-hybridized carbons (Fsp3) is 0.200. The van der Waals surface area contributed by atoms with Gasteiger partial charge in [0.2, 0.25) is 0 Å². The van der Waals surface area contributed by atoms with Crippen LogP contribution in [0.3, 0.4) is 0 Å². The van der Waals surface area contributed by atoms with Crippen LogP contribution in [0.4, 0.5) is 10.1 Å². The van der Waals surface area contributed by atoms with Crippen molar-refractivity contribution in [3.8, 4) is 11.3 Å². The maximum atomic E-state index is 13.3. The van der Waals surface area contributed by atoms with Crippen molar-refractivity contribution in [2.75, 3.05) is 5.32 Å². The Bertz CT molecular complexity index is 999. The Kier molecular flexibility index (Phi) is 4.36. The van der Waals surface area contributed by atoms with Gasteiger partial charge in [0, 0.05) is 22.2 Å². The average Bonchev–Trinajstić information content (AvgIpc) is 3.11. The Balaban J connectivity index is 1.82. The Labute approximate surface area is 161 Å². The molecule has 0 fully saturated rings. The fourth-order valence-corrected chi connectivity index (χ4v) is 3.58. The van der Waals surface area contributed by atoms with Gasteiger partial charge in [-0.1, -0.05) is 11.6 Å². The van der Waals surface area contributed by atoms with Gasteiger partial charge >= 0.3 is 0 Å². The van der Waals surface area contributed by atoms with Crippen LogP contribution in [0.5, 0.6) is 0 Å². The molecule has 1 aliphatic heterocycles. The molecule has 4 rings (SSSR count). The van der Waals surface area contributed by atoms with Crippen LogP contribution in [0, 0.1) is 5.82 Å². The molecule has 1 aliphatic rings. The van der Waals surface area contributed by atoms with Crippen LogP contribution in [0.15, 0.2) is 48.7 Å². The Morgan fingerprint density at radius 2 is 1.93 bits per heavy atom. The van der Waals surface area contributed by atoms with Gasteiger partial charge in [0.25, 0.3) is 5.91 Å². The SMILES string of the molecule is CC(C)N1C(=O)c2ccc(Cl)cc2NC1c1cn[nH]c1-c1ccc(F)cc1. The van der Waals surface area contributed by atoms with Crippen molar-refractivity contribution in [2.45, 2.75) is 26.1 Å². The third-order valence-electron chi connectivity index (χ3n) is 4.67. The topological polar surface area (TPSA) is 61.0 Å². The first-order chi connectivity index (χ1) is 13.0. The average molecular weight is 385 g/mol. The number of carbonyl (C=O) groups is 1. The van der Waals surface area contributed by atoms with E-state index in [2.05, 4.69) is 15.5 Å². The molecule has 0 saturated carbocycles. The van der Waals surface area contributed by atoms with E-state index in [1.807, 2.05) is 13.8 Å². The van der Waals surface area contributed by atoms with Crippen LogP contribution in [-0.4, -0.2) is 27.0 Å². The van der Waals surface area contributed by atoms with Crippen LogP contribution in [-0.2, 0) is 0 Å². The first-order valence-electron chi connectivity index (χ1n) is 8.63. The first kappa shape index (κ1) is 17.5. The van der Waals surface area contributed by atoms with Gasteiger partial charge < -0.3 is 10.2 Å². The summed E-state index contributed by atoms with van der Waals surface area (Å²) in [6, 6.07) is 11.3. The van der Waals surface area contributed by atoms with E-state index >= 15 is 0 Å². The predicted molar refractivity (Wildman–Crippen MR) is 103 cm³/mol. The molecule has 0 spiro atoms. The highest BCUT2D eigenvalue weighted by atomic mass is 35.5. The summed E-state index contributed by atoms with van der Waals surface area (Å²) in [6.45, 7) is 3.93. The van der Waals surface area contributed by atoms with Crippen LogP contribution in [0.25, 0.3) is 11.3 Å². The second kappa shape index (κ2) is 6.70. The molecule has 1 aromatic heterocycles. The number of carbonyl (C=O) groups excluding carboxylic acids is 1. The van der Waals surface area contributed by atoms with E-state index in [4.69, 9.17) is 11.6 Å². The number of fused-ring (bicyclic) bond motifs is 1. The molecule has 0 aliphatic carbocycles. The number of benzene rings is 2. The van der Waals surface area contributed by atoms with Gasteiger partial charge in [-0.2, -0.15) is 5.10 Å². The van der Waals surface area contributed by atoms with Crippen LogP contribution >= 0.6 is 11.6 Å². The number of rotatable bonds is 3. The molecule has 2 aromatic carbocycles. The molecular formula is C20H18ClFN4O. The van der Waals surface area contributed by atoms with E-state index in [1.54, 1.807) is 41.4 Å². The Hall–Kier alpha value is -2.86. The lowest BCUT2D eigenvalue weighted by atomic mass is 10.00. The number of nitrogens with zero attached hydrogens (tertiary/aromatic N) is 2. The maximum Gasteiger partial charge on any atom is 0.258 e. The summed E-state index contributed by atoms with van der Waals surface area (Å²) < 4.78 is 13.3. The summed E-state index contributed by atoms with van der Waals surface area (Å²) in [7, 11) is 0. The van der Waals surface area contributed by atoms with Crippen LogP contribution < -0.4 is 5.32 Å². The smallest absolute Gasteiger partial charge is 0.258 e. The third kappa shape index (κ3) is 3.06. The Morgan fingerprint density at radius 3 is 2.63 bits per heavy atom. The lowest BCUT2D eigenvalue weighted by Crippen LogP contribution is -2.46. The molecule has 138 valence electrons. The van der Waals surface area contributed by atoms with Gasteiger partial charge in [-0.05, 0) is 56.3 Å². The molecule has 0 radical (unpaired) electrons. The number of nitrogens with one attached hydrogen (secondary N) is 2. The number of aromatic amines is 1. The molecule has 1 unspecified atom stereocenters. The minimum atomic E-state index is -0.428. The zero-order chi connectivity index (χ0) is 19.1. The zero-order valence-corrected chi connectivity index (χ0v) is 15.6. The van der Waals surface area contributed by atoms with Gasteiger partial charge in [-0.15, -0.1) is 0 Å². The molecule has 1 atom stereocenters. The normalized spacial score (nSPS) is 16.4. The molecule has 2 N–H and O–H groups in total.